The highest BCUT2D eigenvalue weighted by Gasteiger charge is 2.25. The molecule has 0 amide bonds. The fraction of sp³-hybridized carbons (Fsp3) is 0.933. The molecule has 1 fully saturated rings. The Morgan fingerprint density at radius 2 is 1.88 bits per heavy atom. The summed E-state index contributed by atoms with van der Waals surface area (Å²) in [5.41, 5.74) is 0.269. The Morgan fingerprint density at radius 1 is 1.25 bits per heavy atom. The van der Waals surface area contributed by atoms with E-state index in [2.05, 4.69) is 20.8 Å². The molecule has 1 saturated carbocycles. The second-order valence-electron chi connectivity index (χ2n) is 6.20. The van der Waals surface area contributed by atoms with E-state index >= 15 is 0 Å². The molecule has 1 rings (SSSR count). The second kappa shape index (κ2) is 6.42. The predicted octanol–water partition coefficient (Wildman–Crippen LogP) is 4.60. The summed E-state index contributed by atoms with van der Waals surface area (Å²) in [6.07, 6.45) is 11.2. The Balaban J connectivity index is 2.29. The summed E-state index contributed by atoms with van der Waals surface area (Å²) in [7, 11) is 0. The van der Waals surface area contributed by atoms with E-state index in [0.29, 0.717) is 0 Å². The SMILES string of the molecule is CCC(C)(CC=O)CCC1CCC(C)CC1. The van der Waals surface area contributed by atoms with E-state index in [1.165, 1.54) is 38.5 Å². The zero-order chi connectivity index (χ0) is 12.0. The summed E-state index contributed by atoms with van der Waals surface area (Å²) in [6.45, 7) is 6.86. The molecule has 1 heteroatoms. The molecule has 0 bridgehead atoms. The van der Waals surface area contributed by atoms with Gasteiger partial charge in [0.1, 0.15) is 6.29 Å². The number of carbonyl (C=O) groups excluding carboxylic acids is 1. The predicted molar refractivity (Wildman–Crippen MR) is 69.4 cm³/mol. The normalized spacial score (nSPS) is 29.7. The summed E-state index contributed by atoms with van der Waals surface area (Å²) < 4.78 is 0. The first-order chi connectivity index (χ1) is 7.59. The van der Waals surface area contributed by atoms with Crippen LogP contribution < -0.4 is 0 Å². The number of hydrogen-bond donors (Lipinski definition) is 0. The number of aldehydes is 1. The lowest BCUT2D eigenvalue weighted by molar-refractivity contribution is -0.109. The average Bonchev–Trinajstić information content (AvgIpc) is 2.29. The van der Waals surface area contributed by atoms with Crippen molar-refractivity contribution in [2.24, 2.45) is 17.3 Å². The molecule has 1 aliphatic carbocycles. The van der Waals surface area contributed by atoms with Crippen molar-refractivity contribution in [2.45, 2.75) is 72.1 Å². The van der Waals surface area contributed by atoms with Crippen molar-refractivity contribution < 1.29 is 4.79 Å². The number of rotatable bonds is 6. The van der Waals surface area contributed by atoms with Gasteiger partial charge in [0, 0.05) is 6.42 Å². The van der Waals surface area contributed by atoms with Crippen LogP contribution in [0, 0.1) is 17.3 Å². The van der Waals surface area contributed by atoms with Gasteiger partial charge in [-0.05, 0) is 30.1 Å². The van der Waals surface area contributed by atoms with Gasteiger partial charge in [0.15, 0.2) is 0 Å². The third-order valence-electron chi connectivity index (χ3n) is 4.72. The molecule has 0 N–H and O–H groups in total. The molecular formula is C15H28O. The molecule has 0 aromatic carbocycles. The highest BCUT2D eigenvalue weighted by molar-refractivity contribution is 5.50. The molecule has 0 aromatic heterocycles. The highest BCUT2D eigenvalue weighted by atomic mass is 16.1. The van der Waals surface area contributed by atoms with Crippen LogP contribution in [0.2, 0.25) is 0 Å². The van der Waals surface area contributed by atoms with E-state index in [1.807, 2.05) is 0 Å². The fourth-order valence-electron chi connectivity index (χ4n) is 2.79. The Morgan fingerprint density at radius 3 is 2.38 bits per heavy atom. The lowest BCUT2D eigenvalue weighted by Crippen LogP contribution is -2.19. The minimum absolute atomic E-state index is 0.269. The van der Waals surface area contributed by atoms with E-state index in [4.69, 9.17) is 0 Å². The van der Waals surface area contributed by atoms with Crippen molar-refractivity contribution in [3.63, 3.8) is 0 Å². The van der Waals surface area contributed by atoms with Crippen molar-refractivity contribution in [3.8, 4) is 0 Å². The van der Waals surface area contributed by atoms with Gasteiger partial charge in [-0.25, -0.2) is 0 Å². The maximum atomic E-state index is 10.7. The first-order valence-corrected chi connectivity index (χ1v) is 7.03. The van der Waals surface area contributed by atoms with Crippen LogP contribution in [-0.2, 0) is 4.79 Å². The van der Waals surface area contributed by atoms with E-state index in [-0.39, 0.29) is 5.41 Å². The van der Waals surface area contributed by atoms with E-state index in [9.17, 15) is 4.79 Å². The topological polar surface area (TPSA) is 17.1 Å². The van der Waals surface area contributed by atoms with Gasteiger partial charge in [0.05, 0.1) is 0 Å². The standard InChI is InChI=1S/C15H28O/c1-4-15(3,11-12-16)10-9-14-7-5-13(2)6-8-14/h12-14H,4-11H2,1-3H3. The van der Waals surface area contributed by atoms with Crippen LogP contribution in [0.25, 0.3) is 0 Å². The van der Waals surface area contributed by atoms with Crippen LogP contribution in [0.1, 0.15) is 72.1 Å². The minimum atomic E-state index is 0.269. The van der Waals surface area contributed by atoms with Crippen LogP contribution in [0.3, 0.4) is 0 Å². The van der Waals surface area contributed by atoms with Crippen LogP contribution in [0.15, 0.2) is 0 Å². The molecule has 0 saturated heterocycles. The molecule has 0 heterocycles. The van der Waals surface area contributed by atoms with Crippen LogP contribution in [-0.4, -0.2) is 6.29 Å². The van der Waals surface area contributed by atoms with Gasteiger partial charge in [-0.1, -0.05) is 52.9 Å². The zero-order valence-corrected chi connectivity index (χ0v) is 11.3. The summed E-state index contributed by atoms with van der Waals surface area (Å²) in [5, 5.41) is 0. The van der Waals surface area contributed by atoms with E-state index < -0.39 is 0 Å². The molecule has 0 aliphatic heterocycles. The van der Waals surface area contributed by atoms with Crippen LogP contribution in [0.5, 0.6) is 0 Å². The average molecular weight is 224 g/mol. The molecule has 0 aromatic rings. The van der Waals surface area contributed by atoms with Crippen molar-refractivity contribution in [1.29, 1.82) is 0 Å². The van der Waals surface area contributed by atoms with Gasteiger partial charge < -0.3 is 4.79 Å². The molecule has 0 radical (unpaired) electrons. The van der Waals surface area contributed by atoms with Crippen LogP contribution >= 0.6 is 0 Å². The summed E-state index contributed by atoms with van der Waals surface area (Å²) in [4.78, 5) is 10.7. The van der Waals surface area contributed by atoms with Gasteiger partial charge in [-0.15, -0.1) is 0 Å². The molecule has 1 unspecified atom stereocenters. The van der Waals surface area contributed by atoms with Crippen LogP contribution in [0.4, 0.5) is 0 Å². The van der Waals surface area contributed by atoms with Gasteiger partial charge in [-0.2, -0.15) is 0 Å². The van der Waals surface area contributed by atoms with E-state index in [1.54, 1.807) is 0 Å². The zero-order valence-electron chi connectivity index (χ0n) is 11.3. The molecule has 1 atom stereocenters. The summed E-state index contributed by atoms with van der Waals surface area (Å²) in [5.74, 6) is 1.89. The third kappa shape index (κ3) is 4.27. The van der Waals surface area contributed by atoms with Crippen molar-refractivity contribution in [2.75, 3.05) is 0 Å². The number of carbonyl (C=O) groups is 1. The third-order valence-corrected chi connectivity index (χ3v) is 4.72. The molecule has 1 nitrogen and oxygen atoms in total. The van der Waals surface area contributed by atoms with Gasteiger partial charge in [-0.3, -0.25) is 0 Å². The lowest BCUT2D eigenvalue weighted by atomic mass is 9.74. The largest absolute Gasteiger partial charge is 0.303 e. The second-order valence-corrected chi connectivity index (χ2v) is 6.20. The lowest BCUT2D eigenvalue weighted by Gasteiger charge is -2.31. The molecule has 1 aliphatic rings. The Labute approximate surface area is 101 Å². The Bertz CT molecular complexity index is 203. The molecular weight excluding hydrogens is 196 g/mol. The van der Waals surface area contributed by atoms with Crippen molar-refractivity contribution >= 4 is 6.29 Å². The van der Waals surface area contributed by atoms with Gasteiger partial charge in [0.2, 0.25) is 0 Å². The number of hydrogen-bond acceptors (Lipinski definition) is 1. The van der Waals surface area contributed by atoms with Crippen molar-refractivity contribution in [3.05, 3.63) is 0 Å². The Hall–Kier alpha value is -0.330. The van der Waals surface area contributed by atoms with E-state index in [0.717, 1.165) is 31.0 Å². The highest BCUT2D eigenvalue weighted by Crippen LogP contribution is 2.37. The van der Waals surface area contributed by atoms with Gasteiger partial charge >= 0.3 is 0 Å². The smallest absolute Gasteiger partial charge is 0.120 e. The summed E-state index contributed by atoms with van der Waals surface area (Å²) in [6, 6.07) is 0. The molecule has 0 spiro atoms. The maximum absolute atomic E-state index is 10.7. The monoisotopic (exact) mass is 224 g/mol. The first-order valence-electron chi connectivity index (χ1n) is 7.03. The maximum Gasteiger partial charge on any atom is 0.120 e. The van der Waals surface area contributed by atoms with Gasteiger partial charge in [0.25, 0.3) is 0 Å². The van der Waals surface area contributed by atoms with Crippen molar-refractivity contribution in [1.82, 2.24) is 0 Å². The summed E-state index contributed by atoms with van der Waals surface area (Å²) >= 11 is 0. The Kier molecular flexibility index (Phi) is 5.51. The first kappa shape index (κ1) is 13.7. The fourth-order valence-corrected chi connectivity index (χ4v) is 2.79. The quantitative estimate of drug-likeness (QED) is 0.603. The molecule has 16 heavy (non-hydrogen) atoms. The molecule has 94 valence electrons. The minimum Gasteiger partial charge on any atom is -0.303 e.